The third-order valence-electron chi connectivity index (χ3n) is 7.80. The van der Waals surface area contributed by atoms with E-state index in [-0.39, 0.29) is 10.5 Å². The zero-order valence-electron chi connectivity index (χ0n) is 22.6. The summed E-state index contributed by atoms with van der Waals surface area (Å²) in [6.45, 7) is 5.13. The van der Waals surface area contributed by atoms with Gasteiger partial charge >= 0.3 is 0 Å². The average Bonchev–Trinajstić information content (AvgIpc) is 3.01. The van der Waals surface area contributed by atoms with Crippen molar-refractivity contribution >= 4 is 32.4 Å². The first-order valence-electron chi connectivity index (χ1n) is 13.7. The molecule has 0 atom stereocenters. The number of aromatic amines is 1. The molecule has 0 spiro atoms. The number of nitrogens with zero attached hydrogens (tertiary/aromatic N) is 6. The Morgan fingerprint density at radius 3 is 2.24 bits per heavy atom. The lowest BCUT2D eigenvalue weighted by Gasteiger charge is -2.36. The molecule has 0 bridgehead atoms. The Hall–Kier alpha value is -4.24. The van der Waals surface area contributed by atoms with Gasteiger partial charge in [-0.1, -0.05) is 42.5 Å². The average molecular weight is 570 g/mol. The molecule has 0 aliphatic carbocycles. The minimum absolute atomic E-state index is 0.224. The molecule has 2 saturated heterocycles. The van der Waals surface area contributed by atoms with Crippen LogP contribution in [0, 0.1) is 11.3 Å². The Labute approximate surface area is 239 Å². The standard InChI is InChI=1S/C30H31N7O3S/c31-21-25-7-3-4-8-28(25)35-13-11-34(12-14-35)22-26-20-29(38)33-30(32-26)36-15-17-37(18-16-36)41(39,40)27-10-9-23-5-1-2-6-24(23)19-27/h1-10,19-20H,11-18,22H2,(H,32,33,38). The van der Waals surface area contributed by atoms with E-state index in [2.05, 4.69) is 20.9 Å². The molecule has 41 heavy (non-hydrogen) atoms. The Morgan fingerprint density at radius 1 is 0.805 bits per heavy atom. The summed E-state index contributed by atoms with van der Waals surface area (Å²) in [6, 6.07) is 24.4. The maximum absolute atomic E-state index is 13.4. The molecular formula is C30H31N7O3S. The third-order valence-corrected chi connectivity index (χ3v) is 9.70. The molecule has 0 radical (unpaired) electrons. The van der Waals surface area contributed by atoms with Gasteiger partial charge in [0.1, 0.15) is 6.07 Å². The van der Waals surface area contributed by atoms with Gasteiger partial charge in [0, 0.05) is 65.0 Å². The van der Waals surface area contributed by atoms with Gasteiger partial charge in [-0.05, 0) is 35.0 Å². The van der Waals surface area contributed by atoms with Crippen LogP contribution in [0.25, 0.3) is 10.8 Å². The number of hydrogen-bond acceptors (Lipinski definition) is 8. The second-order valence-corrected chi connectivity index (χ2v) is 12.3. The molecule has 3 heterocycles. The van der Waals surface area contributed by atoms with Gasteiger partial charge in [-0.15, -0.1) is 0 Å². The molecule has 0 saturated carbocycles. The van der Waals surface area contributed by atoms with Crippen LogP contribution in [-0.4, -0.2) is 79.9 Å². The van der Waals surface area contributed by atoms with Gasteiger partial charge in [0.05, 0.1) is 21.8 Å². The Bertz CT molecular complexity index is 1770. The van der Waals surface area contributed by atoms with E-state index in [0.717, 1.165) is 42.6 Å². The number of sulfonamides is 1. The number of nitrogens with one attached hydrogen (secondary N) is 1. The van der Waals surface area contributed by atoms with Crippen LogP contribution in [0.4, 0.5) is 11.6 Å². The molecule has 1 aromatic heterocycles. The number of anilines is 2. The monoisotopic (exact) mass is 569 g/mol. The number of fused-ring (bicyclic) bond motifs is 1. The van der Waals surface area contributed by atoms with Gasteiger partial charge in [0.25, 0.3) is 5.56 Å². The number of benzene rings is 3. The van der Waals surface area contributed by atoms with E-state index in [1.54, 1.807) is 12.1 Å². The molecule has 10 nitrogen and oxygen atoms in total. The molecule has 2 aliphatic heterocycles. The van der Waals surface area contributed by atoms with E-state index in [9.17, 15) is 18.5 Å². The highest BCUT2D eigenvalue weighted by atomic mass is 32.2. The van der Waals surface area contributed by atoms with E-state index in [1.807, 2.05) is 59.5 Å². The predicted molar refractivity (Wildman–Crippen MR) is 158 cm³/mol. The van der Waals surface area contributed by atoms with Gasteiger partial charge in [0.2, 0.25) is 16.0 Å². The van der Waals surface area contributed by atoms with Crippen molar-refractivity contribution in [3.05, 3.63) is 94.4 Å². The lowest BCUT2D eigenvalue weighted by Crippen LogP contribution is -2.49. The van der Waals surface area contributed by atoms with Crippen molar-refractivity contribution in [3.63, 3.8) is 0 Å². The van der Waals surface area contributed by atoms with Crippen molar-refractivity contribution in [2.45, 2.75) is 11.4 Å². The fourth-order valence-electron chi connectivity index (χ4n) is 5.56. The number of H-pyrrole nitrogens is 1. The summed E-state index contributed by atoms with van der Waals surface area (Å²) < 4.78 is 28.2. The van der Waals surface area contributed by atoms with Crippen molar-refractivity contribution in [2.24, 2.45) is 0 Å². The molecule has 2 aliphatic rings. The van der Waals surface area contributed by atoms with Crippen molar-refractivity contribution in [1.29, 1.82) is 5.26 Å². The van der Waals surface area contributed by atoms with Crippen LogP contribution in [0.3, 0.4) is 0 Å². The van der Waals surface area contributed by atoms with Gasteiger partial charge in [0.15, 0.2) is 0 Å². The topological polar surface area (TPSA) is 117 Å². The smallest absolute Gasteiger partial charge is 0.252 e. The maximum Gasteiger partial charge on any atom is 0.252 e. The zero-order valence-corrected chi connectivity index (χ0v) is 23.4. The lowest BCUT2D eigenvalue weighted by atomic mass is 10.1. The molecule has 6 rings (SSSR count). The fourth-order valence-corrected chi connectivity index (χ4v) is 7.02. The van der Waals surface area contributed by atoms with Crippen LogP contribution in [-0.2, 0) is 16.6 Å². The number of para-hydroxylation sites is 1. The van der Waals surface area contributed by atoms with Crippen molar-refractivity contribution in [1.82, 2.24) is 19.2 Å². The summed E-state index contributed by atoms with van der Waals surface area (Å²) in [7, 11) is -3.64. The number of nitriles is 1. The summed E-state index contributed by atoms with van der Waals surface area (Å²) in [6.07, 6.45) is 0. The lowest BCUT2D eigenvalue weighted by molar-refractivity contribution is 0.247. The van der Waals surface area contributed by atoms with Gasteiger partial charge < -0.3 is 9.80 Å². The highest BCUT2D eigenvalue weighted by Crippen LogP contribution is 2.24. The minimum Gasteiger partial charge on any atom is -0.368 e. The van der Waals surface area contributed by atoms with Gasteiger partial charge in [-0.3, -0.25) is 14.7 Å². The van der Waals surface area contributed by atoms with Gasteiger partial charge in [-0.25, -0.2) is 13.4 Å². The first-order valence-corrected chi connectivity index (χ1v) is 15.2. The highest BCUT2D eigenvalue weighted by Gasteiger charge is 2.30. The number of hydrogen-bond donors (Lipinski definition) is 1. The summed E-state index contributed by atoms with van der Waals surface area (Å²) in [5, 5.41) is 11.3. The van der Waals surface area contributed by atoms with E-state index < -0.39 is 10.0 Å². The molecular weight excluding hydrogens is 538 g/mol. The van der Waals surface area contributed by atoms with Crippen molar-refractivity contribution in [3.8, 4) is 6.07 Å². The summed E-state index contributed by atoms with van der Waals surface area (Å²) in [5.74, 6) is 0.469. The largest absolute Gasteiger partial charge is 0.368 e. The van der Waals surface area contributed by atoms with E-state index in [0.29, 0.717) is 49.9 Å². The summed E-state index contributed by atoms with van der Waals surface area (Å²) in [4.78, 5) is 26.8. The zero-order chi connectivity index (χ0) is 28.4. The number of aromatic nitrogens is 2. The van der Waals surface area contributed by atoms with Crippen LogP contribution < -0.4 is 15.4 Å². The van der Waals surface area contributed by atoms with Crippen LogP contribution in [0.1, 0.15) is 11.3 Å². The van der Waals surface area contributed by atoms with Crippen LogP contribution >= 0.6 is 0 Å². The molecule has 0 unspecified atom stereocenters. The summed E-state index contributed by atoms with van der Waals surface area (Å²) in [5.41, 5.74) is 2.08. The number of piperazine rings is 2. The molecule has 210 valence electrons. The summed E-state index contributed by atoms with van der Waals surface area (Å²) >= 11 is 0. The molecule has 2 fully saturated rings. The van der Waals surface area contributed by atoms with E-state index >= 15 is 0 Å². The molecule has 11 heteroatoms. The highest BCUT2D eigenvalue weighted by molar-refractivity contribution is 7.89. The molecule has 1 N–H and O–H groups in total. The van der Waals surface area contributed by atoms with Crippen molar-refractivity contribution in [2.75, 3.05) is 62.2 Å². The maximum atomic E-state index is 13.4. The van der Waals surface area contributed by atoms with Crippen LogP contribution in [0.15, 0.2) is 82.5 Å². The number of rotatable bonds is 6. The normalized spacial score (nSPS) is 17.0. The van der Waals surface area contributed by atoms with E-state index in [1.165, 1.54) is 10.4 Å². The Morgan fingerprint density at radius 2 is 1.49 bits per heavy atom. The second kappa shape index (κ2) is 11.3. The molecule has 3 aromatic carbocycles. The van der Waals surface area contributed by atoms with Crippen LogP contribution in [0.5, 0.6) is 0 Å². The quantitative estimate of drug-likeness (QED) is 0.377. The molecule has 4 aromatic rings. The molecule has 0 amide bonds. The SMILES string of the molecule is N#Cc1ccccc1N1CCN(Cc2cc(=O)[nH]c(N3CCN(S(=O)(=O)c4ccc5ccccc5c4)CC3)n2)CC1. The first kappa shape index (κ1) is 27.0. The first-order chi connectivity index (χ1) is 19.9. The van der Waals surface area contributed by atoms with Crippen molar-refractivity contribution < 1.29 is 8.42 Å². The predicted octanol–water partition coefficient (Wildman–Crippen LogP) is 2.63. The van der Waals surface area contributed by atoms with Crippen LogP contribution in [0.2, 0.25) is 0 Å². The fraction of sp³-hybridized carbons (Fsp3) is 0.300. The van der Waals surface area contributed by atoms with E-state index in [4.69, 9.17) is 4.98 Å². The van der Waals surface area contributed by atoms with Gasteiger partial charge in [-0.2, -0.15) is 9.57 Å². The third kappa shape index (κ3) is 5.67. The Balaban J connectivity index is 1.09. The minimum atomic E-state index is -3.64. The Kier molecular flexibility index (Phi) is 7.45. The second-order valence-electron chi connectivity index (χ2n) is 10.4.